The number of hydrogen-bond acceptors (Lipinski definition) is 1. The minimum Gasteiger partial charge on any atom is -0.295 e. The van der Waals surface area contributed by atoms with Crippen LogP contribution in [0.25, 0.3) is 0 Å². The first-order valence-corrected chi connectivity index (χ1v) is 12.5. The highest BCUT2D eigenvalue weighted by molar-refractivity contribution is 5.91. The highest BCUT2D eigenvalue weighted by Gasteiger charge is 2.59. The minimum atomic E-state index is 0.332. The Morgan fingerprint density at radius 3 is 2.50 bits per heavy atom. The van der Waals surface area contributed by atoms with E-state index in [0.29, 0.717) is 16.6 Å². The van der Waals surface area contributed by atoms with Gasteiger partial charge >= 0.3 is 0 Å². The predicted octanol–water partition coefficient (Wildman–Crippen LogP) is 7.60. The molecule has 4 aliphatic rings. The average Bonchev–Trinajstić information content (AvgIpc) is 2.99. The zero-order valence-corrected chi connectivity index (χ0v) is 19.2. The summed E-state index contributed by atoms with van der Waals surface area (Å²) in [6.45, 7) is 12.5. The summed E-state index contributed by atoms with van der Waals surface area (Å²) in [7, 11) is 0. The van der Waals surface area contributed by atoms with Crippen LogP contribution in [0, 0.1) is 46.3 Å². The molecule has 0 aromatic carbocycles. The fourth-order valence-electron chi connectivity index (χ4n) is 8.58. The van der Waals surface area contributed by atoms with Crippen LogP contribution in [0.2, 0.25) is 0 Å². The Bertz CT molecular complexity index is 630. The smallest absolute Gasteiger partial charge is 0.155 e. The first-order chi connectivity index (χ1) is 13.3. The summed E-state index contributed by atoms with van der Waals surface area (Å²) < 4.78 is 0. The summed E-state index contributed by atoms with van der Waals surface area (Å²) in [6.07, 6.45) is 16.6. The lowest BCUT2D eigenvalue weighted by Gasteiger charge is -2.58. The first kappa shape index (κ1) is 20.7. The van der Waals surface area contributed by atoms with Crippen LogP contribution in [0.5, 0.6) is 0 Å². The quantitative estimate of drug-likeness (QED) is 0.477. The molecule has 0 N–H and O–H groups in total. The molecule has 0 aromatic rings. The Balaban J connectivity index is 1.49. The van der Waals surface area contributed by atoms with Gasteiger partial charge in [-0.1, -0.05) is 59.5 Å². The molecule has 0 radical (unpaired) electrons. The van der Waals surface area contributed by atoms with Gasteiger partial charge in [-0.3, -0.25) is 4.79 Å². The van der Waals surface area contributed by atoms with Gasteiger partial charge in [0.2, 0.25) is 0 Å². The molecule has 3 fully saturated rings. The zero-order valence-electron chi connectivity index (χ0n) is 19.2. The summed E-state index contributed by atoms with van der Waals surface area (Å²) >= 11 is 0. The van der Waals surface area contributed by atoms with Crippen molar-refractivity contribution in [2.45, 2.75) is 105 Å². The van der Waals surface area contributed by atoms with Crippen LogP contribution >= 0.6 is 0 Å². The molecular weight excluding hydrogens is 340 g/mol. The number of hydrogen-bond donors (Lipinski definition) is 0. The lowest BCUT2D eigenvalue weighted by molar-refractivity contribution is -0.117. The van der Waals surface area contributed by atoms with Crippen LogP contribution in [0.3, 0.4) is 0 Å². The maximum Gasteiger partial charge on any atom is 0.155 e. The monoisotopic (exact) mass is 384 g/mol. The molecule has 7 atom stereocenters. The van der Waals surface area contributed by atoms with Gasteiger partial charge in [0.1, 0.15) is 0 Å². The molecule has 4 aliphatic carbocycles. The molecule has 0 saturated heterocycles. The van der Waals surface area contributed by atoms with Crippen molar-refractivity contribution < 1.29 is 4.79 Å². The fourth-order valence-corrected chi connectivity index (χ4v) is 8.58. The van der Waals surface area contributed by atoms with Crippen molar-refractivity contribution in [2.24, 2.45) is 46.3 Å². The normalized spacial score (nSPS) is 43.9. The molecule has 158 valence electrons. The second-order valence-electron chi connectivity index (χ2n) is 12.0. The van der Waals surface area contributed by atoms with Gasteiger partial charge in [-0.25, -0.2) is 0 Å². The number of fused-ring (bicyclic) bond motifs is 5. The van der Waals surface area contributed by atoms with Gasteiger partial charge in [0, 0.05) is 6.42 Å². The molecule has 3 saturated carbocycles. The Morgan fingerprint density at radius 2 is 1.75 bits per heavy atom. The van der Waals surface area contributed by atoms with Crippen molar-refractivity contribution in [3.8, 4) is 0 Å². The molecule has 0 aromatic heterocycles. The van der Waals surface area contributed by atoms with Crippen LogP contribution in [-0.4, -0.2) is 5.78 Å². The summed E-state index contributed by atoms with van der Waals surface area (Å²) in [5.74, 6) is 5.79. The first-order valence-electron chi connectivity index (χ1n) is 12.5. The standard InChI is InChI=1S/C27H44O/c1-18(2)7-6-8-19(3)23-11-12-24-22-10-9-20-17-21(28)13-15-26(20,4)25(22)14-16-27(23,24)5/h17-19,22-25H,6-16H2,1-5H3/t19-,22-,23+,24-,25+,26-,27+/m0/s1. The number of ketones is 1. The lowest BCUT2D eigenvalue weighted by atomic mass is 9.46. The van der Waals surface area contributed by atoms with Crippen molar-refractivity contribution >= 4 is 5.78 Å². The largest absolute Gasteiger partial charge is 0.295 e. The van der Waals surface area contributed by atoms with Gasteiger partial charge in [0.25, 0.3) is 0 Å². The molecule has 0 heterocycles. The maximum absolute atomic E-state index is 12.0. The SMILES string of the molecule is CC(C)CCC[C@H](C)[C@H]1CC[C@H]2[C@@H]3CCC4=CC(=O)CC[C@]4(C)[C@@H]3CC[C@]12C. The fraction of sp³-hybridized carbons (Fsp3) is 0.889. The predicted molar refractivity (Wildman–Crippen MR) is 118 cm³/mol. The molecular formula is C27H44O. The Labute approximate surface area is 174 Å². The molecule has 0 amide bonds. The molecule has 28 heavy (non-hydrogen) atoms. The van der Waals surface area contributed by atoms with Gasteiger partial charge in [0.05, 0.1) is 0 Å². The number of carbonyl (C=O) groups is 1. The van der Waals surface area contributed by atoms with Crippen molar-refractivity contribution in [2.75, 3.05) is 0 Å². The molecule has 0 spiro atoms. The van der Waals surface area contributed by atoms with E-state index < -0.39 is 0 Å². The molecule has 1 nitrogen and oxygen atoms in total. The highest BCUT2D eigenvalue weighted by atomic mass is 16.1. The third-order valence-corrected chi connectivity index (χ3v) is 10.2. The van der Waals surface area contributed by atoms with E-state index >= 15 is 0 Å². The number of allylic oxidation sites excluding steroid dienone is 1. The molecule has 0 bridgehead atoms. The third-order valence-electron chi connectivity index (χ3n) is 10.2. The zero-order chi connectivity index (χ0) is 20.1. The second-order valence-corrected chi connectivity index (χ2v) is 12.0. The van der Waals surface area contributed by atoms with Crippen LogP contribution < -0.4 is 0 Å². The van der Waals surface area contributed by atoms with Crippen LogP contribution in [0.1, 0.15) is 105 Å². The molecule has 1 heteroatoms. The number of rotatable bonds is 5. The third kappa shape index (κ3) is 3.33. The Kier molecular flexibility index (Phi) is 5.60. The van der Waals surface area contributed by atoms with E-state index in [1.807, 2.05) is 0 Å². The van der Waals surface area contributed by atoms with E-state index in [-0.39, 0.29) is 0 Å². The molecule has 0 unspecified atom stereocenters. The Morgan fingerprint density at radius 1 is 0.964 bits per heavy atom. The summed E-state index contributed by atoms with van der Waals surface area (Å²) in [6, 6.07) is 0. The van der Waals surface area contributed by atoms with E-state index in [0.717, 1.165) is 48.3 Å². The van der Waals surface area contributed by atoms with Crippen molar-refractivity contribution in [3.05, 3.63) is 11.6 Å². The molecule has 4 rings (SSSR count). The van der Waals surface area contributed by atoms with Crippen LogP contribution in [0.15, 0.2) is 11.6 Å². The minimum absolute atomic E-state index is 0.332. The number of carbonyl (C=O) groups excluding carboxylic acids is 1. The second kappa shape index (κ2) is 7.59. The molecule has 0 aliphatic heterocycles. The average molecular weight is 385 g/mol. The van der Waals surface area contributed by atoms with Gasteiger partial charge in [-0.2, -0.15) is 0 Å². The summed E-state index contributed by atoms with van der Waals surface area (Å²) in [4.78, 5) is 12.0. The van der Waals surface area contributed by atoms with E-state index in [1.165, 1.54) is 63.4 Å². The van der Waals surface area contributed by atoms with Gasteiger partial charge in [0.15, 0.2) is 5.78 Å². The van der Waals surface area contributed by atoms with Crippen molar-refractivity contribution in [1.82, 2.24) is 0 Å². The van der Waals surface area contributed by atoms with Gasteiger partial charge in [-0.05, 0) is 97.4 Å². The maximum atomic E-state index is 12.0. The topological polar surface area (TPSA) is 17.1 Å². The van der Waals surface area contributed by atoms with E-state index in [2.05, 4.69) is 40.7 Å². The lowest BCUT2D eigenvalue weighted by Crippen LogP contribution is -2.50. The van der Waals surface area contributed by atoms with E-state index in [1.54, 1.807) is 0 Å². The van der Waals surface area contributed by atoms with Crippen molar-refractivity contribution in [3.63, 3.8) is 0 Å². The van der Waals surface area contributed by atoms with Gasteiger partial charge in [-0.15, -0.1) is 0 Å². The van der Waals surface area contributed by atoms with Crippen molar-refractivity contribution in [1.29, 1.82) is 0 Å². The summed E-state index contributed by atoms with van der Waals surface area (Å²) in [5.41, 5.74) is 2.43. The van der Waals surface area contributed by atoms with E-state index in [4.69, 9.17) is 0 Å². The summed E-state index contributed by atoms with van der Waals surface area (Å²) in [5, 5.41) is 0. The highest BCUT2D eigenvalue weighted by Crippen LogP contribution is 2.67. The van der Waals surface area contributed by atoms with Crippen LogP contribution in [0.4, 0.5) is 0 Å². The Hall–Kier alpha value is -0.590. The van der Waals surface area contributed by atoms with Crippen LogP contribution in [-0.2, 0) is 4.79 Å². The van der Waals surface area contributed by atoms with E-state index in [9.17, 15) is 4.79 Å². The van der Waals surface area contributed by atoms with Gasteiger partial charge < -0.3 is 0 Å².